The van der Waals surface area contributed by atoms with Crippen molar-refractivity contribution in [2.45, 2.75) is 33.4 Å². The molecule has 0 aliphatic heterocycles. The highest BCUT2D eigenvalue weighted by Gasteiger charge is 2.08. The molecule has 0 aliphatic carbocycles. The van der Waals surface area contributed by atoms with Gasteiger partial charge in [0.1, 0.15) is 18.2 Å². The molecule has 2 aromatic rings. The van der Waals surface area contributed by atoms with Crippen LogP contribution in [0.2, 0.25) is 0 Å². The molecule has 0 saturated carbocycles. The molecule has 0 fully saturated rings. The van der Waals surface area contributed by atoms with Crippen LogP contribution in [0.5, 0.6) is 5.75 Å². The van der Waals surface area contributed by atoms with Crippen LogP contribution in [0.4, 0.5) is 4.39 Å². The van der Waals surface area contributed by atoms with Crippen molar-refractivity contribution in [3.63, 3.8) is 0 Å². The van der Waals surface area contributed by atoms with Crippen molar-refractivity contribution in [3.05, 3.63) is 49.9 Å². The van der Waals surface area contributed by atoms with Gasteiger partial charge in [-0.2, -0.15) is 0 Å². The highest BCUT2D eigenvalue weighted by atomic mass is 79.9. The average molecular weight is 372 g/mol. The van der Waals surface area contributed by atoms with E-state index in [2.05, 4.69) is 41.2 Å². The lowest BCUT2D eigenvalue weighted by molar-refractivity contribution is 0.303. The maximum Gasteiger partial charge on any atom is 0.134 e. The molecule has 0 atom stereocenters. The first-order valence-corrected chi connectivity index (χ1v) is 8.58. The third kappa shape index (κ3) is 4.80. The molecule has 1 aromatic heterocycles. The minimum absolute atomic E-state index is 0.273. The van der Waals surface area contributed by atoms with Gasteiger partial charge in [-0.1, -0.05) is 6.92 Å². The summed E-state index contributed by atoms with van der Waals surface area (Å²) < 4.78 is 19.4. The lowest BCUT2D eigenvalue weighted by Gasteiger charge is -2.07. The van der Waals surface area contributed by atoms with Crippen LogP contribution in [0, 0.1) is 12.7 Å². The summed E-state index contributed by atoms with van der Waals surface area (Å²) in [6.07, 6.45) is 1.14. The number of aryl methyl sites for hydroxylation is 1. The van der Waals surface area contributed by atoms with E-state index in [0.29, 0.717) is 16.8 Å². The Hall–Kier alpha value is -0.910. The maximum absolute atomic E-state index is 13.0. The zero-order valence-electron chi connectivity index (χ0n) is 12.2. The molecular weight excluding hydrogens is 353 g/mol. The van der Waals surface area contributed by atoms with Crippen LogP contribution in [-0.2, 0) is 13.2 Å². The van der Waals surface area contributed by atoms with E-state index in [1.807, 2.05) is 0 Å². The number of hydrogen-bond acceptors (Lipinski definition) is 3. The summed E-state index contributed by atoms with van der Waals surface area (Å²) in [7, 11) is 0. The van der Waals surface area contributed by atoms with Crippen molar-refractivity contribution in [1.29, 1.82) is 0 Å². The van der Waals surface area contributed by atoms with Gasteiger partial charge in [0.15, 0.2) is 0 Å². The number of nitrogens with one attached hydrogen (secondary N) is 1. The van der Waals surface area contributed by atoms with Gasteiger partial charge in [0.25, 0.3) is 0 Å². The normalized spacial score (nSPS) is 10.9. The second-order valence-electron chi connectivity index (χ2n) is 4.83. The van der Waals surface area contributed by atoms with E-state index in [9.17, 15) is 4.39 Å². The smallest absolute Gasteiger partial charge is 0.134 e. The first-order chi connectivity index (χ1) is 10.1. The van der Waals surface area contributed by atoms with E-state index in [1.165, 1.54) is 27.5 Å². The summed E-state index contributed by atoms with van der Waals surface area (Å²) in [5, 5.41) is 3.40. The number of rotatable bonds is 7. The van der Waals surface area contributed by atoms with Crippen LogP contribution >= 0.6 is 27.3 Å². The minimum Gasteiger partial charge on any atom is -0.488 e. The highest BCUT2D eigenvalue weighted by Crippen LogP contribution is 2.28. The summed E-state index contributed by atoms with van der Waals surface area (Å²) in [6, 6.07) is 6.64. The summed E-state index contributed by atoms with van der Waals surface area (Å²) >= 11 is 5.11. The SMILES string of the molecule is CCCNCc1cc(COc2ccc(F)cc2Br)c(C)s1. The molecule has 0 saturated heterocycles. The van der Waals surface area contributed by atoms with E-state index in [-0.39, 0.29) is 5.82 Å². The lowest BCUT2D eigenvalue weighted by Crippen LogP contribution is -2.12. The molecule has 2 rings (SSSR count). The largest absolute Gasteiger partial charge is 0.488 e. The molecule has 1 heterocycles. The molecule has 21 heavy (non-hydrogen) atoms. The van der Waals surface area contributed by atoms with Gasteiger partial charge >= 0.3 is 0 Å². The Balaban J connectivity index is 1.96. The first kappa shape index (κ1) is 16.5. The number of hydrogen-bond donors (Lipinski definition) is 1. The van der Waals surface area contributed by atoms with Gasteiger partial charge in [-0.25, -0.2) is 4.39 Å². The van der Waals surface area contributed by atoms with Gasteiger partial charge in [0.05, 0.1) is 4.47 Å². The van der Waals surface area contributed by atoms with Crippen molar-refractivity contribution in [2.24, 2.45) is 0 Å². The molecule has 1 aromatic carbocycles. The molecule has 2 nitrogen and oxygen atoms in total. The molecule has 0 unspecified atom stereocenters. The fourth-order valence-electron chi connectivity index (χ4n) is 1.95. The van der Waals surface area contributed by atoms with Crippen LogP contribution in [-0.4, -0.2) is 6.54 Å². The third-order valence-corrected chi connectivity index (χ3v) is 4.79. The van der Waals surface area contributed by atoms with Crippen molar-refractivity contribution in [2.75, 3.05) is 6.54 Å². The topological polar surface area (TPSA) is 21.3 Å². The number of ether oxygens (including phenoxy) is 1. The van der Waals surface area contributed by atoms with E-state index >= 15 is 0 Å². The van der Waals surface area contributed by atoms with Crippen molar-refractivity contribution < 1.29 is 9.13 Å². The standard InChI is InChI=1S/C16H19BrFNOS/c1-3-6-19-9-14-7-12(11(2)21-14)10-20-16-5-4-13(18)8-15(16)17/h4-5,7-8,19H,3,6,9-10H2,1-2H3. The third-order valence-electron chi connectivity index (χ3n) is 3.07. The number of halogens is 2. The fourth-order valence-corrected chi connectivity index (χ4v) is 3.44. The predicted molar refractivity (Wildman–Crippen MR) is 89.5 cm³/mol. The van der Waals surface area contributed by atoms with E-state index < -0.39 is 0 Å². The predicted octanol–water partition coefficient (Wildman–Crippen LogP) is 5.04. The van der Waals surface area contributed by atoms with Crippen LogP contribution in [0.1, 0.15) is 28.7 Å². The second-order valence-corrected chi connectivity index (χ2v) is 7.03. The van der Waals surface area contributed by atoms with Crippen LogP contribution in [0.25, 0.3) is 0 Å². The molecule has 5 heteroatoms. The van der Waals surface area contributed by atoms with E-state index in [4.69, 9.17) is 4.74 Å². The van der Waals surface area contributed by atoms with Gasteiger partial charge in [-0.15, -0.1) is 11.3 Å². The molecule has 0 bridgehead atoms. The highest BCUT2D eigenvalue weighted by molar-refractivity contribution is 9.10. The Morgan fingerprint density at radius 3 is 2.86 bits per heavy atom. The Morgan fingerprint density at radius 2 is 2.14 bits per heavy atom. The first-order valence-electron chi connectivity index (χ1n) is 6.97. The summed E-state index contributed by atoms with van der Waals surface area (Å²) in [5.41, 5.74) is 1.18. The Bertz CT molecular complexity index is 600. The monoisotopic (exact) mass is 371 g/mol. The van der Waals surface area contributed by atoms with Gasteiger partial charge in [0, 0.05) is 21.9 Å². The molecule has 114 valence electrons. The molecule has 0 aliphatic rings. The summed E-state index contributed by atoms with van der Waals surface area (Å²) in [5.74, 6) is 0.387. The van der Waals surface area contributed by atoms with Gasteiger partial charge in [-0.3, -0.25) is 0 Å². The Kier molecular flexibility index (Phi) is 6.21. The van der Waals surface area contributed by atoms with Crippen LogP contribution < -0.4 is 10.1 Å². The molecule has 0 radical (unpaired) electrons. The van der Waals surface area contributed by atoms with Gasteiger partial charge in [0.2, 0.25) is 0 Å². The minimum atomic E-state index is -0.273. The van der Waals surface area contributed by atoms with Crippen molar-refractivity contribution in [3.8, 4) is 5.75 Å². The molecule has 1 N–H and O–H groups in total. The summed E-state index contributed by atoms with van der Waals surface area (Å²) in [6.45, 7) is 6.70. The van der Waals surface area contributed by atoms with Crippen molar-refractivity contribution in [1.82, 2.24) is 5.32 Å². The zero-order chi connectivity index (χ0) is 15.2. The second kappa shape index (κ2) is 7.92. The number of benzene rings is 1. The lowest BCUT2D eigenvalue weighted by atomic mass is 10.2. The maximum atomic E-state index is 13.0. The molecule has 0 amide bonds. The summed E-state index contributed by atoms with van der Waals surface area (Å²) in [4.78, 5) is 2.58. The van der Waals surface area contributed by atoms with Gasteiger partial charge in [-0.05, 0) is 60.1 Å². The van der Waals surface area contributed by atoms with E-state index in [0.717, 1.165) is 19.5 Å². The van der Waals surface area contributed by atoms with Crippen LogP contribution in [0.3, 0.4) is 0 Å². The quantitative estimate of drug-likeness (QED) is 0.688. The number of thiophene rings is 1. The molecule has 0 spiro atoms. The zero-order valence-corrected chi connectivity index (χ0v) is 14.6. The molecular formula is C16H19BrFNOS. The fraction of sp³-hybridized carbons (Fsp3) is 0.375. The Morgan fingerprint density at radius 1 is 1.33 bits per heavy atom. The van der Waals surface area contributed by atoms with Crippen LogP contribution in [0.15, 0.2) is 28.7 Å². The Labute approximate surface area is 137 Å². The van der Waals surface area contributed by atoms with Crippen molar-refractivity contribution >= 4 is 27.3 Å². The van der Waals surface area contributed by atoms with Gasteiger partial charge < -0.3 is 10.1 Å². The van der Waals surface area contributed by atoms with E-state index in [1.54, 1.807) is 17.4 Å². The average Bonchev–Trinajstić information content (AvgIpc) is 2.79.